The SMILES string of the molecule is CC(C)(C)OC1CC(Nc2ccccc2CN2CCC(O)CC2)C1. The molecule has 0 spiro atoms. The number of ether oxygens (including phenoxy) is 1. The number of aliphatic hydroxyl groups is 1. The van der Waals surface area contributed by atoms with Gasteiger partial charge in [-0.1, -0.05) is 18.2 Å². The zero-order valence-corrected chi connectivity index (χ0v) is 15.3. The van der Waals surface area contributed by atoms with Gasteiger partial charge in [-0.05, 0) is 58.1 Å². The summed E-state index contributed by atoms with van der Waals surface area (Å²) in [6.45, 7) is 9.31. The first kappa shape index (κ1) is 17.7. The first-order chi connectivity index (χ1) is 11.4. The number of hydrogen-bond donors (Lipinski definition) is 2. The molecule has 1 heterocycles. The van der Waals surface area contributed by atoms with Crippen molar-refractivity contribution in [3.05, 3.63) is 29.8 Å². The highest BCUT2D eigenvalue weighted by molar-refractivity contribution is 5.52. The van der Waals surface area contributed by atoms with Crippen molar-refractivity contribution in [1.82, 2.24) is 4.90 Å². The average molecular weight is 332 g/mol. The fourth-order valence-electron chi connectivity index (χ4n) is 3.62. The number of hydrogen-bond acceptors (Lipinski definition) is 4. The highest BCUT2D eigenvalue weighted by Gasteiger charge is 2.33. The lowest BCUT2D eigenvalue weighted by Gasteiger charge is -2.40. The predicted octanol–water partition coefficient (Wildman–Crippen LogP) is 3.40. The lowest BCUT2D eigenvalue weighted by Crippen LogP contribution is -2.44. The number of nitrogens with zero attached hydrogens (tertiary/aromatic N) is 1. The minimum absolute atomic E-state index is 0.0492. The normalized spacial score (nSPS) is 26.2. The van der Waals surface area contributed by atoms with E-state index in [4.69, 9.17) is 4.74 Å². The van der Waals surface area contributed by atoms with Crippen molar-refractivity contribution in [3.63, 3.8) is 0 Å². The van der Waals surface area contributed by atoms with Gasteiger partial charge in [-0.25, -0.2) is 0 Å². The average Bonchev–Trinajstić information content (AvgIpc) is 2.48. The molecule has 4 nitrogen and oxygen atoms in total. The van der Waals surface area contributed by atoms with Gasteiger partial charge in [-0.15, -0.1) is 0 Å². The number of para-hydroxylation sites is 1. The summed E-state index contributed by atoms with van der Waals surface area (Å²) in [5.74, 6) is 0. The monoisotopic (exact) mass is 332 g/mol. The summed E-state index contributed by atoms with van der Waals surface area (Å²) in [4.78, 5) is 2.44. The predicted molar refractivity (Wildman–Crippen MR) is 98.2 cm³/mol. The maximum absolute atomic E-state index is 9.66. The lowest BCUT2D eigenvalue weighted by molar-refractivity contribution is -0.0953. The van der Waals surface area contributed by atoms with Crippen LogP contribution in [0.3, 0.4) is 0 Å². The van der Waals surface area contributed by atoms with Crippen molar-refractivity contribution in [2.75, 3.05) is 18.4 Å². The number of anilines is 1. The van der Waals surface area contributed by atoms with Crippen molar-refractivity contribution >= 4 is 5.69 Å². The molecule has 1 aromatic carbocycles. The van der Waals surface area contributed by atoms with E-state index in [1.807, 2.05) is 0 Å². The second-order valence-corrected chi connectivity index (χ2v) is 8.33. The van der Waals surface area contributed by atoms with E-state index in [1.165, 1.54) is 11.3 Å². The minimum Gasteiger partial charge on any atom is -0.393 e. The lowest BCUT2D eigenvalue weighted by atomic mass is 9.88. The summed E-state index contributed by atoms with van der Waals surface area (Å²) in [5.41, 5.74) is 2.56. The summed E-state index contributed by atoms with van der Waals surface area (Å²) < 4.78 is 6.03. The van der Waals surface area contributed by atoms with Gasteiger partial charge in [0.05, 0.1) is 17.8 Å². The molecule has 24 heavy (non-hydrogen) atoms. The molecule has 1 saturated carbocycles. The topological polar surface area (TPSA) is 44.7 Å². The fourth-order valence-corrected chi connectivity index (χ4v) is 3.62. The number of piperidine rings is 1. The number of aliphatic hydroxyl groups excluding tert-OH is 1. The van der Waals surface area contributed by atoms with Gasteiger partial charge < -0.3 is 15.2 Å². The van der Waals surface area contributed by atoms with Gasteiger partial charge >= 0.3 is 0 Å². The molecule has 0 unspecified atom stereocenters. The molecule has 0 aromatic heterocycles. The van der Waals surface area contributed by atoms with E-state index in [1.54, 1.807) is 0 Å². The molecule has 0 bridgehead atoms. The summed E-state index contributed by atoms with van der Waals surface area (Å²) in [7, 11) is 0. The van der Waals surface area contributed by atoms with Crippen LogP contribution in [0.1, 0.15) is 52.0 Å². The van der Waals surface area contributed by atoms with Crippen LogP contribution in [-0.2, 0) is 11.3 Å². The van der Waals surface area contributed by atoms with E-state index < -0.39 is 0 Å². The molecule has 1 aliphatic heterocycles. The second kappa shape index (κ2) is 7.42. The molecule has 0 radical (unpaired) electrons. The Bertz CT molecular complexity index is 527. The Morgan fingerprint density at radius 3 is 2.50 bits per heavy atom. The maximum Gasteiger partial charge on any atom is 0.0621 e. The van der Waals surface area contributed by atoms with E-state index in [-0.39, 0.29) is 11.7 Å². The second-order valence-electron chi connectivity index (χ2n) is 8.33. The fraction of sp³-hybridized carbons (Fsp3) is 0.700. The van der Waals surface area contributed by atoms with Crippen molar-refractivity contribution < 1.29 is 9.84 Å². The largest absolute Gasteiger partial charge is 0.393 e. The molecule has 2 aliphatic rings. The van der Waals surface area contributed by atoms with Gasteiger partial charge in [-0.3, -0.25) is 4.90 Å². The zero-order valence-electron chi connectivity index (χ0n) is 15.3. The van der Waals surface area contributed by atoms with Gasteiger partial charge in [0.2, 0.25) is 0 Å². The third-order valence-electron chi connectivity index (χ3n) is 4.94. The molecule has 4 heteroatoms. The Kier molecular flexibility index (Phi) is 5.48. The van der Waals surface area contributed by atoms with Crippen molar-refractivity contribution in [2.45, 2.75) is 76.9 Å². The van der Waals surface area contributed by atoms with Gasteiger partial charge in [0.15, 0.2) is 0 Å². The van der Waals surface area contributed by atoms with Gasteiger partial charge in [-0.2, -0.15) is 0 Å². The zero-order chi connectivity index (χ0) is 17.2. The third-order valence-corrected chi connectivity index (χ3v) is 4.94. The third kappa shape index (κ3) is 4.95. The van der Waals surface area contributed by atoms with Crippen LogP contribution in [0.4, 0.5) is 5.69 Å². The van der Waals surface area contributed by atoms with E-state index in [9.17, 15) is 5.11 Å². The summed E-state index contributed by atoms with van der Waals surface area (Å²) in [5, 5.41) is 13.4. The van der Waals surface area contributed by atoms with E-state index in [0.717, 1.165) is 45.3 Å². The van der Waals surface area contributed by atoms with Crippen molar-refractivity contribution in [1.29, 1.82) is 0 Å². The van der Waals surface area contributed by atoms with E-state index in [0.29, 0.717) is 12.1 Å². The van der Waals surface area contributed by atoms with Crippen LogP contribution in [0.2, 0.25) is 0 Å². The molecule has 0 atom stereocenters. The summed E-state index contributed by atoms with van der Waals surface area (Å²) >= 11 is 0. The van der Waals surface area contributed by atoms with Crippen LogP contribution in [0.25, 0.3) is 0 Å². The summed E-state index contributed by atoms with van der Waals surface area (Å²) in [6, 6.07) is 9.14. The number of nitrogens with one attached hydrogen (secondary N) is 1. The molecule has 3 rings (SSSR count). The highest BCUT2D eigenvalue weighted by Crippen LogP contribution is 2.31. The van der Waals surface area contributed by atoms with Crippen LogP contribution in [0, 0.1) is 0 Å². The quantitative estimate of drug-likeness (QED) is 0.867. The molecule has 1 saturated heterocycles. The van der Waals surface area contributed by atoms with Gasteiger partial charge in [0.25, 0.3) is 0 Å². The standard InChI is InChI=1S/C20H32N2O2/c1-20(2,3)24-18-12-16(13-18)21-19-7-5-4-6-15(19)14-22-10-8-17(23)9-11-22/h4-7,16-18,21,23H,8-14H2,1-3H3. The number of benzene rings is 1. The van der Waals surface area contributed by atoms with Crippen LogP contribution < -0.4 is 5.32 Å². The number of rotatable bonds is 5. The van der Waals surface area contributed by atoms with Crippen LogP contribution in [-0.4, -0.2) is 46.9 Å². The molecule has 2 N–H and O–H groups in total. The van der Waals surface area contributed by atoms with Crippen LogP contribution in [0.5, 0.6) is 0 Å². The van der Waals surface area contributed by atoms with Crippen molar-refractivity contribution in [2.24, 2.45) is 0 Å². The molecule has 1 aliphatic carbocycles. The number of likely N-dealkylation sites (tertiary alicyclic amines) is 1. The summed E-state index contributed by atoms with van der Waals surface area (Å²) in [6.07, 6.45) is 4.24. The molecule has 1 aromatic rings. The molecular weight excluding hydrogens is 300 g/mol. The molecule has 134 valence electrons. The van der Waals surface area contributed by atoms with Crippen LogP contribution in [0.15, 0.2) is 24.3 Å². The minimum atomic E-state index is -0.107. The Balaban J connectivity index is 1.52. The van der Waals surface area contributed by atoms with E-state index in [2.05, 4.69) is 55.3 Å². The first-order valence-corrected chi connectivity index (χ1v) is 9.32. The first-order valence-electron chi connectivity index (χ1n) is 9.32. The van der Waals surface area contributed by atoms with Crippen LogP contribution >= 0.6 is 0 Å². The van der Waals surface area contributed by atoms with Gasteiger partial charge in [0.1, 0.15) is 0 Å². The smallest absolute Gasteiger partial charge is 0.0621 e. The Morgan fingerprint density at radius 2 is 1.83 bits per heavy atom. The molecule has 0 amide bonds. The van der Waals surface area contributed by atoms with Crippen molar-refractivity contribution in [3.8, 4) is 0 Å². The van der Waals surface area contributed by atoms with Gasteiger partial charge in [0, 0.05) is 31.4 Å². The van der Waals surface area contributed by atoms with E-state index >= 15 is 0 Å². The highest BCUT2D eigenvalue weighted by atomic mass is 16.5. The Morgan fingerprint density at radius 1 is 1.17 bits per heavy atom. The molecular formula is C20H32N2O2. The molecule has 2 fully saturated rings. The Hall–Kier alpha value is -1.10. The maximum atomic E-state index is 9.66. The Labute approximate surface area is 146 Å².